The minimum Gasteiger partial charge on any atom is -0.342 e. The number of hydrogen-bond acceptors (Lipinski definition) is 2. The van der Waals surface area contributed by atoms with Crippen molar-refractivity contribution in [1.82, 2.24) is 9.80 Å². The van der Waals surface area contributed by atoms with E-state index in [1.54, 1.807) is 0 Å². The van der Waals surface area contributed by atoms with Crippen molar-refractivity contribution in [2.45, 2.75) is 64.8 Å². The number of carbonyl (C=O) groups excluding carboxylic acids is 2. The first-order chi connectivity index (χ1) is 9.67. The molecule has 1 saturated heterocycles. The van der Waals surface area contributed by atoms with Crippen LogP contribution in [0.2, 0.25) is 0 Å². The lowest BCUT2D eigenvalue weighted by Crippen LogP contribution is -2.49. The molecule has 2 fully saturated rings. The van der Waals surface area contributed by atoms with Gasteiger partial charge in [-0.25, -0.2) is 0 Å². The summed E-state index contributed by atoms with van der Waals surface area (Å²) in [6.07, 6.45) is 7.26. The third kappa shape index (κ3) is 3.33. The van der Waals surface area contributed by atoms with Crippen molar-refractivity contribution in [2.75, 3.05) is 19.6 Å². The standard InChI is InChI=1S/C16H28N2O2/c1-3-15(19)17-11-7-8-13(12-17)16(20)18(4-2)14-9-5-6-10-14/h13-14H,3-12H2,1-2H3. The Morgan fingerprint density at radius 1 is 1.10 bits per heavy atom. The van der Waals surface area contributed by atoms with Crippen LogP contribution < -0.4 is 0 Å². The first kappa shape index (κ1) is 15.3. The molecule has 0 bridgehead atoms. The van der Waals surface area contributed by atoms with Gasteiger partial charge >= 0.3 is 0 Å². The Kier molecular flexibility index (Phi) is 5.44. The lowest BCUT2D eigenvalue weighted by molar-refractivity contribution is -0.142. The Labute approximate surface area is 122 Å². The molecule has 2 aliphatic rings. The molecule has 1 atom stereocenters. The maximum atomic E-state index is 12.8. The minimum atomic E-state index is 0.0276. The Bertz CT molecular complexity index is 350. The summed E-state index contributed by atoms with van der Waals surface area (Å²) >= 11 is 0. The van der Waals surface area contributed by atoms with Crippen LogP contribution in [0, 0.1) is 5.92 Å². The van der Waals surface area contributed by atoms with Crippen molar-refractivity contribution in [3.05, 3.63) is 0 Å². The molecule has 0 N–H and O–H groups in total. The number of hydrogen-bond donors (Lipinski definition) is 0. The lowest BCUT2D eigenvalue weighted by atomic mass is 9.95. The molecule has 1 unspecified atom stereocenters. The number of amides is 2. The van der Waals surface area contributed by atoms with E-state index in [9.17, 15) is 9.59 Å². The Morgan fingerprint density at radius 3 is 2.40 bits per heavy atom. The normalized spacial score (nSPS) is 23.9. The van der Waals surface area contributed by atoms with Crippen molar-refractivity contribution < 1.29 is 9.59 Å². The van der Waals surface area contributed by atoms with Crippen molar-refractivity contribution in [2.24, 2.45) is 5.92 Å². The Morgan fingerprint density at radius 2 is 1.80 bits per heavy atom. The topological polar surface area (TPSA) is 40.6 Å². The van der Waals surface area contributed by atoms with E-state index < -0.39 is 0 Å². The van der Waals surface area contributed by atoms with Gasteiger partial charge in [-0.2, -0.15) is 0 Å². The van der Waals surface area contributed by atoms with Crippen LogP contribution in [0.25, 0.3) is 0 Å². The molecule has 2 amide bonds. The summed E-state index contributed by atoms with van der Waals surface area (Å²) < 4.78 is 0. The fraction of sp³-hybridized carbons (Fsp3) is 0.875. The molecule has 1 aliphatic carbocycles. The maximum absolute atomic E-state index is 12.8. The molecule has 4 nitrogen and oxygen atoms in total. The third-order valence-corrected chi connectivity index (χ3v) is 4.82. The van der Waals surface area contributed by atoms with Crippen LogP contribution in [0.4, 0.5) is 0 Å². The van der Waals surface area contributed by atoms with E-state index in [2.05, 4.69) is 11.8 Å². The largest absolute Gasteiger partial charge is 0.342 e. The van der Waals surface area contributed by atoms with E-state index >= 15 is 0 Å². The molecule has 0 aromatic heterocycles. The van der Waals surface area contributed by atoms with Gasteiger partial charge < -0.3 is 9.80 Å². The number of rotatable bonds is 4. The maximum Gasteiger partial charge on any atom is 0.227 e. The van der Waals surface area contributed by atoms with Gasteiger partial charge in [-0.1, -0.05) is 19.8 Å². The van der Waals surface area contributed by atoms with Gasteiger partial charge in [0.15, 0.2) is 0 Å². The van der Waals surface area contributed by atoms with Gasteiger partial charge in [0.1, 0.15) is 0 Å². The molecule has 0 radical (unpaired) electrons. The Hall–Kier alpha value is -1.06. The summed E-state index contributed by atoms with van der Waals surface area (Å²) in [5.74, 6) is 0.499. The average molecular weight is 280 g/mol. The molecule has 0 aromatic rings. The molecule has 0 aromatic carbocycles. The van der Waals surface area contributed by atoms with E-state index in [0.717, 1.165) is 38.8 Å². The van der Waals surface area contributed by atoms with Gasteiger partial charge in [-0.15, -0.1) is 0 Å². The number of piperidine rings is 1. The number of likely N-dealkylation sites (tertiary alicyclic amines) is 1. The van der Waals surface area contributed by atoms with Crippen LogP contribution in [-0.2, 0) is 9.59 Å². The van der Waals surface area contributed by atoms with Crippen molar-refractivity contribution >= 4 is 11.8 Å². The van der Waals surface area contributed by atoms with Crippen LogP contribution >= 0.6 is 0 Å². The summed E-state index contributed by atoms with van der Waals surface area (Å²) in [4.78, 5) is 28.6. The zero-order valence-electron chi connectivity index (χ0n) is 12.9. The monoisotopic (exact) mass is 280 g/mol. The smallest absolute Gasteiger partial charge is 0.227 e. The summed E-state index contributed by atoms with van der Waals surface area (Å²) in [5.41, 5.74) is 0. The molecule has 20 heavy (non-hydrogen) atoms. The highest BCUT2D eigenvalue weighted by Crippen LogP contribution is 2.27. The van der Waals surface area contributed by atoms with E-state index in [1.165, 1.54) is 12.8 Å². The van der Waals surface area contributed by atoms with Gasteiger partial charge in [-0.05, 0) is 32.6 Å². The van der Waals surface area contributed by atoms with Crippen LogP contribution in [0.1, 0.15) is 58.8 Å². The second kappa shape index (κ2) is 7.09. The van der Waals surface area contributed by atoms with Crippen LogP contribution in [-0.4, -0.2) is 47.3 Å². The first-order valence-electron chi connectivity index (χ1n) is 8.25. The second-order valence-corrected chi connectivity index (χ2v) is 6.09. The summed E-state index contributed by atoms with van der Waals surface area (Å²) in [5, 5.41) is 0. The van der Waals surface area contributed by atoms with Gasteiger partial charge in [0.25, 0.3) is 0 Å². The zero-order valence-corrected chi connectivity index (χ0v) is 12.9. The quantitative estimate of drug-likeness (QED) is 0.793. The molecule has 4 heteroatoms. The predicted molar refractivity (Wildman–Crippen MR) is 79.2 cm³/mol. The van der Waals surface area contributed by atoms with Crippen molar-refractivity contribution in [1.29, 1.82) is 0 Å². The number of carbonyl (C=O) groups is 2. The van der Waals surface area contributed by atoms with Gasteiger partial charge in [0.2, 0.25) is 11.8 Å². The van der Waals surface area contributed by atoms with E-state index in [-0.39, 0.29) is 17.7 Å². The highest BCUT2D eigenvalue weighted by atomic mass is 16.2. The molecule has 2 rings (SSSR count). The summed E-state index contributed by atoms with van der Waals surface area (Å²) in [6, 6.07) is 0.449. The molecule has 1 heterocycles. The molecule has 1 aliphatic heterocycles. The van der Waals surface area contributed by atoms with Gasteiger partial charge in [0.05, 0.1) is 5.92 Å². The first-order valence-corrected chi connectivity index (χ1v) is 8.25. The minimum absolute atomic E-state index is 0.0276. The van der Waals surface area contributed by atoms with Crippen molar-refractivity contribution in [3.8, 4) is 0 Å². The molecule has 114 valence electrons. The highest BCUT2D eigenvalue weighted by Gasteiger charge is 2.33. The average Bonchev–Trinajstić information content (AvgIpc) is 3.01. The predicted octanol–water partition coefficient (Wildman–Crippen LogP) is 2.43. The highest BCUT2D eigenvalue weighted by molar-refractivity contribution is 5.81. The van der Waals surface area contributed by atoms with Crippen molar-refractivity contribution in [3.63, 3.8) is 0 Å². The summed E-state index contributed by atoms with van der Waals surface area (Å²) in [7, 11) is 0. The van der Waals surface area contributed by atoms with Crippen LogP contribution in [0.5, 0.6) is 0 Å². The Balaban J connectivity index is 1.97. The van der Waals surface area contributed by atoms with E-state index in [4.69, 9.17) is 0 Å². The third-order valence-electron chi connectivity index (χ3n) is 4.82. The SMILES string of the molecule is CCC(=O)N1CCCC(C(=O)N(CC)C2CCCC2)C1. The molecular weight excluding hydrogens is 252 g/mol. The van der Waals surface area contributed by atoms with E-state index in [1.807, 2.05) is 11.8 Å². The lowest BCUT2D eigenvalue weighted by Gasteiger charge is -2.36. The number of nitrogens with zero attached hydrogens (tertiary/aromatic N) is 2. The molecule has 1 saturated carbocycles. The fourth-order valence-corrected chi connectivity index (χ4v) is 3.67. The fourth-order valence-electron chi connectivity index (χ4n) is 3.67. The molecule has 0 spiro atoms. The summed E-state index contributed by atoms with van der Waals surface area (Å²) in [6.45, 7) is 6.24. The van der Waals surface area contributed by atoms with E-state index in [0.29, 0.717) is 19.0 Å². The van der Waals surface area contributed by atoms with Gasteiger partial charge in [-0.3, -0.25) is 9.59 Å². The van der Waals surface area contributed by atoms with Gasteiger partial charge in [0, 0.05) is 32.1 Å². The zero-order chi connectivity index (χ0) is 14.5. The molecular formula is C16H28N2O2. The van der Waals surface area contributed by atoms with Crippen LogP contribution in [0.3, 0.4) is 0 Å². The second-order valence-electron chi connectivity index (χ2n) is 6.09. The van der Waals surface area contributed by atoms with Crippen LogP contribution in [0.15, 0.2) is 0 Å².